The van der Waals surface area contributed by atoms with Crippen molar-refractivity contribution in [3.05, 3.63) is 42.0 Å². The quantitative estimate of drug-likeness (QED) is 0.242. The van der Waals surface area contributed by atoms with Crippen LogP contribution in [0.2, 0.25) is 0 Å². The maximum Gasteiger partial charge on any atom is 0.119 e. The molecule has 2 aliphatic carbocycles. The molecule has 0 radical (unpaired) electrons. The van der Waals surface area contributed by atoms with Gasteiger partial charge in [0.25, 0.3) is 0 Å². The Hall–Kier alpha value is -1.68. The van der Waals surface area contributed by atoms with Gasteiger partial charge in [-0.1, -0.05) is 96.0 Å². The van der Waals surface area contributed by atoms with Gasteiger partial charge in [0.15, 0.2) is 0 Å². The molecule has 2 aliphatic rings. The molecule has 1 nitrogen and oxygen atoms in total. The summed E-state index contributed by atoms with van der Waals surface area (Å²) >= 11 is 0. The molecule has 0 saturated heterocycles. The maximum absolute atomic E-state index is 5.72. The predicted octanol–water partition coefficient (Wildman–Crippen LogP) is 9.36. The van der Waals surface area contributed by atoms with Crippen molar-refractivity contribution in [2.24, 2.45) is 23.7 Å². The van der Waals surface area contributed by atoms with Gasteiger partial charge in [-0.3, -0.25) is 0 Å². The fourth-order valence-electron chi connectivity index (χ4n) is 5.72. The molecular weight excluding hydrogens is 400 g/mol. The summed E-state index contributed by atoms with van der Waals surface area (Å²) in [5, 5.41) is 0. The molecule has 0 atom stereocenters. The first-order valence-corrected chi connectivity index (χ1v) is 14.2. The van der Waals surface area contributed by atoms with Gasteiger partial charge in [-0.25, -0.2) is 0 Å². The van der Waals surface area contributed by atoms with Gasteiger partial charge in [-0.05, 0) is 86.1 Å². The summed E-state index contributed by atoms with van der Waals surface area (Å²) in [6, 6.07) is 8.18. The van der Waals surface area contributed by atoms with E-state index in [-0.39, 0.29) is 0 Å². The van der Waals surface area contributed by atoms with Crippen LogP contribution in [0.4, 0.5) is 0 Å². The third-order valence-corrected chi connectivity index (χ3v) is 8.10. The highest BCUT2D eigenvalue weighted by Crippen LogP contribution is 2.37. The van der Waals surface area contributed by atoms with Crippen LogP contribution in [-0.2, 0) is 0 Å². The van der Waals surface area contributed by atoms with Crippen LogP contribution in [0.1, 0.15) is 116 Å². The topological polar surface area (TPSA) is 9.23 Å². The lowest BCUT2D eigenvalue weighted by molar-refractivity contribution is 0.220. The molecule has 0 spiro atoms. The highest BCUT2D eigenvalue weighted by atomic mass is 16.5. The molecule has 1 aromatic rings. The van der Waals surface area contributed by atoms with E-state index in [1.165, 1.54) is 83.5 Å². The van der Waals surface area contributed by atoms with Crippen molar-refractivity contribution < 1.29 is 4.74 Å². The van der Waals surface area contributed by atoms with Crippen molar-refractivity contribution in [1.82, 2.24) is 0 Å². The van der Waals surface area contributed by atoms with E-state index in [9.17, 15) is 0 Å². The van der Waals surface area contributed by atoms with Gasteiger partial charge in [-0.2, -0.15) is 0 Å². The standard InChI is InChI=1S/C32H48O/c1-3-5-9-27-12-16-30(17-13-27)20-21-31-18-14-28(15-19-31)10-7-8-11-29-22-24-32(25-23-29)33-26-6-4-2/h7,10,22-25,27-28,30-31H,3-6,9,12-21,26H2,1-2H3. The molecule has 0 unspecified atom stereocenters. The first-order valence-electron chi connectivity index (χ1n) is 14.2. The fourth-order valence-corrected chi connectivity index (χ4v) is 5.72. The zero-order chi connectivity index (χ0) is 23.1. The summed E-state index contributed by atoms with van der Waals surface area (Å²) in [5.74, 6) is 11.3. The highest BCUT2D eigenvalue weighted by molar-refractivity contribution is 5.40. The monoisotopic (exact) mass is 448 g/mol. The van der Waals surface area contributed by atoms with E-state index in [2.05, 4.69) is 50.0 Å². The number of rotatable bonds is 11. The Labute approximate surface area is 204 Å². The summed E-state index contributed by atoms with van der Waals surface area (Å²) < 4.78 is 5.72. The maximum atomic E-state index is 5.72. The van der Waals surface area contributed by atoms with Crippen molar-refractivity contribution >= 4 is 0 Å². The molecule has 182 valence electrons. The van der Waals surface area contributed by atoms with Crippen LogP contribution in [0.15, 0.2) is 36.4 Å². The third-order valence-electron chi connectivity index (χ3n) is 8.10. The average molecular weight is 449 g/mol. The molecule has 0 aliphatic heterocycles. The minimum Gasteiger partial charge on any atom is -0.494 e. The summed E-state index contributed by atoms with van der Waals surface area (Å²) in [4.78, 5) is 0. The van der Waals surface area contributed by atoms with Crippen LogP contribution in [0.25, 0.3) is 0 Å². The Morgan fingerprint density at radius 3 is 1.94 bits per heavy atom. The molecule has 33 heavy (non-hydrogen) atoms. The molecule has 2 fully saturated rings. The van der Waals surface area contributed by atoms with Gasteiger partial charge >= 0.3 is 0 Å². The SMILES string of the molecule is CCCCOc1ccc(C#CC=CC2CCC(CCC3CCC(CCCC)CC3)CC2)cc1. The predicted molar refractivity (Wildman–Crippen MR) is 143 cm³/mol. The first kappa shape index (κ1) is 25.9. The van der Waals surface area contributed by atoms with Crippen LogP contribution in [0.3, 0.4) is 0 Å². The number of hydrogen-bond donors (Lipinski definition) is 0. The van der Waals surface area contributed by atoms with E-state index >= 15 is 0 Å². The lowest BCUT2D eigenvalue weighted by Gasteiger charge is -2.31. The number of allylic oxidation sites excluding steroid dienone is 2. The van der Waals surface area contributed by atoms with Crippen LogP contribution >= 0.6 is 0 Å². The van der Waals surface area contributed by atoms with E-state index in [1.54, 1.807) is 0 Å². The molecular formula is C32H48O. The second kappa shape index (κ2) is 15.3. The number of ether oxygens (including phenoxy) is 1. The Morgan fingerprint density at radius 1 is 0.758 bits per heavy atom. The zero-order valence-corrected chi connectivity index (χ0v) is 21.5. The van der Waals surface area contributed by atoms with Gasteiger partial charge in [0, 0.05) is 5.56 Å². The lowest BCUT2D eigenvalue weighted by Crippen LogP contribution is -2.17. The normalized spacial score (nSPS) is 25.5. The minimum absolute atomic E-state index is 0.735. The second-order valence-electron chi connectivity index (χ2n) is 10.7. The molecule has 1 heteroatoms. The first-order chi connectivity index (χ1) is 16.3. The molecule has 0 N–H and O–H groups in total. The van der Waals surface area contributed by atoms with Crippen molar-refractivity contribution in [3.63, 3.8) is 0 Å². The van der Waals surface area contributed by atoms with Crippen LogP contribution in [-0.4, -0.2) is 6.61 Å². The molecule has 0 amide bonds. The van der Waals surface area contributed by atoms with E-state index < -0.39 is 0 Å². The van der Waals surface area contributed by atoms with Crippen LogP contribution < -0.4 is 4.74 Å². The summed E-state index contributed by atoms with van der Waals surface area (Å²) in [7, 11) is 0. The van der Waals surface area contributed by atoms with Gasteiger partial charge in [0.05, 0.1) is 6.61 Å². The molecule has 0 bridgehead atoms. The van der Waals surface area contributed by atoms with Crippen LogP contribution in [0.5, 0.6) is 5.75 Å². The van der Waals surface area contributed by atoms with Crippen molar-refractivity contribution in [2.75, 3.05) is 6.61 Å². The largest absolute Gasteiger partial charge is 0.494 e. The second-order valence-corrected chi connectivity index (χ2v) is 10.7. The smallest absolute Gasteiger partial charge is 0.119 e. The Morgan fingerprint density at radius 2 is 1.33 bits per heavy atom. The van der Waals surface area contributed by atoms with E-state index in [1.807, 2.05) is 12.1 Å². The minimum atomic E-state index is 0.735. The summed E-state index contributed by atoms with van der Waals surface area (Å²) in [5.41, 5.74) is 1.06. The fraction of sp³-hybridized carbons (Fsp3) is 0.688. The Kier molecular flexibility index (Phi) is 12.0. The third kappa shape index (κ3) is 10.00. The zero-order valence-electron chi connectivity index (χ0n) is 21.5. The number of unbranched alkanes of at least 4 members (excludes halogenated alkanes) is 2. The number of benzene rings is 1. The summed E-state index contributed by atoms with van der Waals surface area (Å²) in [6.07, 6.45) is 25.6. The van der Waals surface area contributed by atoms with Gasteiger partial charge in [0.2, 0.25) is 0 Å². The number of hydrogen-bond acceptors (Lipinski definition) is 1. The Balaban J connectivity index is 1.28. The van der Waals surface area contributed by atoms with Gasteiger partial charge in [-0.15, -0.1) is 0 Å². The van der Waals surface area contributed by atoms with Crippen LogP contribution in [0, 0.1) is 35.5 Å². The molecule has 0 heterocycles. The van der Waals surface area contributed by atoms with E-state index in [4.69, 9.17) is 4.74 Å². The van der Waals surface area contributed by atoms with E-state index in [0.717, 1.165) is 54.4 Å². The molecule has 1 aromatic carbocycles. The molecule has 0 aromatic heterocycles. The molecule has 2 saturated carbocycles. The molecule has 3 rings (SSSR count). The van der Waals surface area contributed by atoms with Gasteiger partial charge < -0.3 is 4.74 Å². The lowest BCUT2D eigenvalue weighted by atomic mass is 9.75. The van der Waals surface area contributed by atoms with E-state index in [0.29, 0.717) is 0 Å². The highest BCUT2D eigenvalue weighted by Gasteiger charge is 2.23. The van der Waals surface area contributed by atoms with Crippen molar-refractivity contribution in [2.45, 2.75) is 110 Å². The van der Waals surface area contributed by atoms with Crippen molar-refractivity contribution in [3.8, 4) is 17.6 Å². The Bertz CT molecular complexity index is 718. The average Bonchev–Trinajstić information content (AvgIpc) is 2.86. The summed E-state index contributed by atoms with van der Waals surface area (Å²) in [6.45, 7) is 5.31. The van der Waals surface area contributed by atoms with Gasteiger partial charge in [0.1, 0.15) is 5.75 Å². The van der Waals surface area contributed by atoms with Crippen molar-refractivity contribution in [1.29, 1.82) is 0 Å².